The molecule has 0 heterocycles. The normalized spacial score (nSPS) is 10.5. The maximum atomic E-state index is 8.66. The summed E-state index contributed by atoms with van der Waals surface area (Å²) in [7, 11) is 0. The zero-order valence-electron chi connectivity index (χ0n) is 10.0. The van der Waals surface area contributed by atoms with Gasteiger partial charge in [0.05, 0.1) is 0 Å². The van der Waals surface area contributed by atoms with Crippen molar-refractivity contribution in [3.05, 3.63) is 27.7 Å². The SMILES string of the molecule is Cc1cc(NCCCCCO)cc(C)c1Br. The molecule has 0 atom stereocenters. The molecular weight excluding hydrogens is 266 g/mol. The van der Waals surface area contributed by atoms with Crippen molar-refractivity contribution in [2.24, 2.45) is 0 Å². The summed E-state index contributed by atoms with van der Waals surface area (Å²) in [5.74, 6) is 0. The summed E-state index contributed by atoms with van der Waals surface area (Å²) in [6.07, 6.45) is 3.09. The fourth-order valence-corrected chi connectivity index (χ4v) is 1.92. The van der Waals surface area contributed by atoms with Crippen LogP contribution in [0.3, 0.4) is 0 Å². The minimum Gasteiger partial charge on any atom is -0.396 e. The van der Waals surface area contributed by atoms with Crippen LogP contribution in [-0.4, -0.2) is 18.3 Å². The average Bonchev–Trinajstić information content (AvgIpc) is 2.25. The van der Waals surface area contributed by atoms with Crippen molar-refractivity contribution >= 4 is 21.6 Å². The summed E-state index contributed by atoms with van der Waals surface area (Å²) in [6, 6.07) is 4.31. The summed E-state index contributed by atoms with van der Waals surface area (Å²) in [4.78, 5) is 0. The largest absolute Gasteiger partial charge is 0.396 e. The number of anilines is 1. The standard InChI is InChI=1S/C13H20BrNO/c1-10-8-12(9-11(2)13(10)14)15-6-4-3-5-7-16/h8-9,15-16H,3-7H2,1-2H3. The van der Waals surface area contributed by atoms with E-state index >= 15 is 0 Å². The monoisotopic (exact) mass is 285 g/mol. The molecule has 2 N–H and O–H groups in total. The predicted molar refractivity (Wildman–Crippen MR) is 73.0 cm³/mol. The fourth-order valence-electron chi connectivity index (χ4n) is 1.69. The molecular formula is C13H20BrNO. The molecule has 0 aliphatic heterocycles. The van der Waals surface area contributed by atoms with E-state index in [0.717, 1.165) is 25.8 Å². The van der Waals surface area contributed by atoms with E-state index in [9.17, 15) is 0 Å². The molecule has 0 aliphatic carbocycles. The Kier molecular flexibility index (Phi) is 5.85. The molecule has 0 saturated heterocycles. The Bertz CT molecular complexity index is 316. The first-order valence-corrected chi connectivity index (χ1v) is 6.56. The fraction of sp³-hybridized carbons (Fsp3) is 0.538. The maximum Gasteiger partial charge on any atom is 0.0431 e. The van der Waals surface area contributed by atoms with Gasteiger partial charge in [-0.2, -0.15) is 0 Å². The second-order valence-electron chi connectivity index (χ2n) is 4.14. The van der Waals surface area contributed by atoms with Gasteiger partial charge in [-0.3, -0.25) is 0 Å². The first-order valence-electron chi connectivity index (χ1n) is 5.76. The van der Waals surface area contributed by atoms with Crippen LogP contribution in [0.4, 0.5) is 5.69 Å². The van der Waals surface area contributed by atoms with Gasteiger partial charge >= 0.3 is 0 Å². The third-order valence-corrected chi connectivity index (χ3v) is 3.85. The Balaban J connectivity index is 2.43. The Morgan fingerprint density at radius 2 is 1.75 bits per heavy atom. The molecule has 0 amide bonds. The summed E-state index contributed by atoms with van der Waals surface area (Å²) in [5, 5.41) is 12.1. The van der Waals surface area contributed by atoms with Crippen LogP contribution < -0.4 is 5.32 Å². The van der Waals surface area contributed by atoms with E-state index in [4.69, 9.17) is 5.11 Å². The number of rotatable bonds is 6. The van der Waals surface area contributed by atoms with E-state index in [-0.39, 0.29) is 0 Å². The third kappa shape index (κ3) is 4.14. The lowest BCUT2D eigenvalue weighted by Gasteiger charge is -2.10. The maximum absolute atomic E-state index is 8.66. The molecule has 1 rings (SSSR count). The van der Waals surface area contributed by atoms with Crippen LogP contribution >= 0.6 is 15.9 Å². The molecule has 0 bridgehead atoms. The molecule has 16 heavy (non-hydrogen) atoms. The van der Waals surface area contributed by atoms with E-state index in [1.54, 1.807) is 0 Å². The zero-order valence-corrected chi connectivity index (χ0v) is 11.6. The van der Waals surface area contributed by atoms with Gasteiger partial charge in [0.25, 0.3) is 0 Å². The van der Waals surface area contributed by atoms with E-state index in [2.05, 4.69) is 47.2 Å². The lowest BCUT2D eigenvalue weighted by Crippen LogP contribution is -2.02. The molecule has 1 aromatic rings. The highest BCUT2D eigenvalue weighted by molar-refractivity contribution is 9.10. The van der Waals surface area contributed by atoms with Crippen LogP contribution in [0.25, 0.3) is 0 Å². The van der Waals surface area contributed by atoms with Gasteiger partial charge in [-0.05, 0) is 56.4 Å². The lowest BCUT2D eigenvalue weighted by molar-refractivity contribution is 0.283. The molecule has 0 fully saturated rings. The Labute approximate surface area is 106 Å². The topological polar surface area (TPSA) is 32.3 Å². The number of halogens is 1. The minimum absolute atomic E-state index is 0.302. The second-order valence-corrected chi connectivity index (χ2v) is 4.93. The summed E-state index contributed by atoms with van der Waals surface area (Å²) >= 11 is 3.56. The quantitative estimate of drug-likeness (QED) is 0.782. The van der Waals surface area contributed by atoms with Gasteiger partial charge in [-0.15, -0.1) is 0 Å². The van der Waals surface area contributed by atoms with Crippen molar-refractivity contribution < 1.29 is 5.11 Å². The molecule has 0 aliphatic rings. The van der Waals surface area contributed by atoms with Crippen LogP contribution in [0.1, 0.15) is 30.4 Å². The van der Waals surface area contributed by atoms with Gasteiger partial charge in [0.2, 0.25) is 0 Å². The molecule has 90 valence electrons. The van der Waals surface area contributed by atoms with Gasteiger partial charge in [-0.1, -0.05) is 15.9 Å². The first-order chi connectivity index (χ1) is 7.65. The number of hydrogen-bond acceptors (Lipinski definition) is 2. The van der Waals surface area contributed by atoms with E-state index in [0.29, 0.717) is 6.61 Å². The number of nitrogens with one attached hydrogen (secondary N) is 1. The highest BCUT2D eigenvalue weighted by atomic mass is 79.9. The Morgan fingerprint density at radius 1 is 1.12 bits per heavy atom. The van der Waals surface area contributed by atoms with Gasteiger partial charge in [0, 0.05) is 23.3 Å². The molecule has 3 heteroatoms. The van der Waals surface area contributed by atoms with Crippen molar-refractivity contribution in [2.75, 3.05) is 18.5 Å². The van der Waals surface area contributed by atoms with Crippen molar-refractivity contribution in [1.29, 1.82) is 0 Å². The molecule has 0 saturated carbocycles. The molecule has 1 aromatic carbocycles. The predicted octanol–water partition coefficient (Wildman–Crippen LogP) is 3.64. The lowest BCUT2D eigenvalue weighted by atomic mass is 10.1. The van der Waals surface area contributed by atoms with Gasteiger partial charge in [0.15, 0.2) is 0 Å². The smallest absolute Gasteiger partial charge is 0.0431 e. The first kappa shape index (κ1) is 13.5. The molecule has 2 nitrogen and oxygen atoms in total. The number of aryl methyl sites for hydroxylation is 2. The van der Waals surface area contributed by atoms with Crippen LogP contribution in [0.15, 0.2) is 16.6 Å². The van der Waals surface area contributed by atoms with Crippen LogP contribution in [-0.2, 0) is 0 Å². The highest BCUT2D eigenvalue weighted by Crippen LogP contribution is 2.24. The van der Waals surface area contributed by atoms with Crippen molar-refractivity contribution in [3.8, 4) is 0 Å². The molecule has 0 spiro atoms. The molecule has 0 unspecified atom stereocenters. The van der Waals surface area contributed by atoms with Crippen molar-refractivity contribution in [1.82, 2.24) is 0 Å². The third-order valence-electron chi connectivity index (χ3n) is 2.60. The molecule has 0 radical (unpaired) electrons. The highest BCUT2D eigenvalue weighted by Gasteiger charge is 2.01. The van der Waals surface area contributed by atoms with E-state index < -0.39 is 0 Å². The van der Waals surface area contributed by atoms with Crippen molar-refractivity contribution in [2.45, 2.75) is 33.1 Å². The van der Waals surface area contributed by atoms with Crippen molar-refractivity contribution in [3.63, 3.8) is 0 Å². The molecule has 0 aromatic heterocycles. The number of aliphatic hydroxyl groups excluding tert-OH is 1. The summed E-state index contributed by atoms with van der Waals surface area (Å²) in [5.41, 5.74) is 3.71. The van der Waals surface area contributed by atoms with Gasteiger partial charge in [-0.25, -0.2) is 0 Å². The Hall–Kier alpha value is -0.540. The number of hydrogen-bond donors (Lipinski definition) is 2. The van der Waals surface area contributed by atoms with Gasteiger partial charge < -0.3 is 10.4 Å². The summed E-state index contributed by atoms with van der Waals surface area (Å²) < 4.78 is 1.19. The van der Waals surface area contributed by atoms with Crippen LogP contribution in [0.5, 0.6) is 0 Å². The number of unbranched alkanes of at least 4 members (excludes halogenated alkanes) is 2. The second kappa shape index (κ2) is 6.92. The van der Waals surface area contributed by atoms with E-state index in [1.807, 2.05) is 0 Å². The Morgan fingerprint density at radius 3 is 2.31 bits per heavy atom. The average molecular weight is 286 g/mol. The van der Waals surface area contributed by atoms with Gasteiger partial charge in [0.1, 0.15) is 0 Å². The van der Waals surface area contributed by atoms with Crippen LogP contribution in [0.2, 0.25) is 0 Å². The minimum atomic E-state index is 0.302. The summed E-state index contributed by atoms with van der Waals surface area (Å²) in [6.45, 7) is 5.49. The number of benzene rings is 1. The van der Waals surface area contributed by atoms with Crippen LogP contribution in [0, 0.1) is 13.8 Å². The van der Waals surface area contributed by atoms with E-state index in [1.165, 1.54) is 21.3 Å². The zero-order chi connectivity index (χ0) is 12.0. The number of aliphatic hydroxyl groups is 1.